The summed E-state index contributed by atoms with van der Waals surface area (Å²) in [5, 5.41) is 3.50. The Morgan fingerprint density at radius 1 is 1.89 bits per heavy atom. The van der Waals surface area contributed by atoms with E-state index in [0.29, 0.717) is 16.5 Å². The molecule has 0 saturated carbocycles. The summed E-state index contributed by atoms with van der Waals surface area (Å²) in [4.78, 5) is 13.6. The van der Waals surface area contributed by atoms with Gasteiger partial charge in [-0.2, -0.15) is 0 Å². The van der Waals surface area contributed by atoms with Crippen molar-refractivity contribution < 1.29 is 4.79 Å². The highest BCUT2D eigenvalue weighted by molar-refractivity contribution is 7.19. The van der Waals surface area contributed by atoms with Crippen molar-refractivity contribution in [3.8, 4) is 0 Å². The zero-order valence-electron chi connectivity index (χ0n) is 4.50. The SMILES string of the molecule is Nc1cnc(NC=O)s1. The largest absolute Gasteiger partial charge is 0.389 e. The van der Waals surface area contributed by atoms with Gasteiger partial charge in [0.1, 0.15) is 5.00 Å². The van der Waals surface area contributed by atoms with E-state index in [4.69, 9.17) is 5.73 Å². The molecule has 0 atom stereocenters. The average molecular weight is 143 g/mol. The van der Waals surface area contributed by atoms with Crippen LogP contribution in [0.4, 0.5) is 10.1 Å². The molecular formula is C4H5N3OS. The third-order valence-electron chi connectivity index (χ3n) is 0.706. The zero-order valence-corrected chi connectivity index (χ0v) is 5.31. The molecule has 0 fully saturated rings. The highest BCUT2D eigenvalue weighted by Crippen LogP contribution is 2.18. The number of carbonyl (C=O) groups excluding carboxylic acids is 1. The molecule has 0 aromatic carbocycles. The lowest BCUT2D eigenvalue weighted by Crippen LogP contribution is -1.90. The van der Waals surface area contributed by atoms with Crippen LogP contribution in [-0.4, -0.2) is 11.4 Å². The van der Waals surface area contributed by atoms with Crippen molar-refractivity contribution in [2.75, 3.05) is 11.1 Å². The van der Waals surface area contributed by atoms with Crippen molar-refractivity contribution in [3.63, 3.8) is 0 Å². The Labute approximate surface area is 55.7 Å². The lowest BCUT2D eigenvalue weighted by Gasteiger charge is -1.83. The fourth-order valence-electron chi connectivity index (χ4n) is 0.404. The van der Waals surface area contributed by atoms with Gasteiger partial charge in [-0.1, -0.05) is 11.3 Å². The summed E-state index contributed by atoms with van der Waals surface area (Å²) in [6.45, 7) is 0. The molecular weight excluding hydrogens is 138 g/mol. The number of nitrogen functional groups attached to an aromatic ring is 1. The second-order valence-corrected chi connectivity index (χ2v) is 2.39. The summed E-state index contributed by atoms with van der Waals surface area (Å²) in [5.41, 5.74) is 5.31. The molecule has 0 bridgehead atoms. The van der Waals surface area contributed by atoms with Gasteiger partial charge in [0.2, 0.25) is 6.41 Å². The van der Waals surface area contributed by atoms with E-state index in [9.17, 15) is 4.79 Å². The molecule has 0 aliphatic rings. The Morgan fingerprint density at radius 2 is 2.67 bits per heavy atom. The predicted molar refractivity (Wildman–Crippen MR) is 36.2 cm³/mol. The smallest absolute Gasteiger partial charge is 0.213 e. The Balaban J connectivity index is 2.72. The summed E-state index contributed by atoms with van der Waals surface area (Å²) < 4.78 is 0. The normalized spacial score (nSPS) is 8.89. The molecule has 0 spiro atoms. The highest BCUT2D eigenvalue weighted by atomic mass is 32.1. The lowest BCUT2D eigenvalue weighted by molar-refractivity contribution is -0.105. The molecule has 0 unspecified atom stereocenters. The minimum Gasteiger partial charge on any atom is -0.389 e. The van der Waals surface area contributed by atoms with E-state index in [1.807, 2.05) is 0 Å². The Morgan fingerprint density at radius 3 is 3.11 bits per heavy atom. The summed E-state index contributed by atoms with van der Waals surface area (Å²) in [6.07, 6.45) is 2.06. The van der Waals surface area contributed by atoms with Crippen LogP contribution >= 0.6 is 11.3 Å². The van der Waals surface area contributed by atoms with Crippen LogP contribution in [0.2, 0.25) is 0 Å². The first-order chi connectivity index (χ1) is 4.33. The van der Waals surface area contributed by atoms with Gasteiger partial charge in [0.05, 0.1) is 6.20 Å². The lowest BCUT2D eigenvalue weighted by atomic mass is 10.9. The first kappa shape index (κ1) is 6.03. The Hall–Kier alpha value is -1.10. The molecule has 1 heterocycles. The number of nitrogens with zero attached hydrogens (tertiary/aromatic N) is 1. The van der Waals surface area contributed by atoms with Crippen molar-refractivity contribution in [2.45, 2.75) is 0 Å². The van der Waals surface area contributed by atoms with Gasteiger partial charge in [-0.05, 0) is 0 Å². The van der Waals surface area contributed by atoms with Crippen molar-refractivity contribution in [1.82, 2.24) is 4.98 Å². The molecule has 9 heavy (non-hydrogen) atoms. The predicted octanol–water partition coefficient (Wildman–Crippen LogP) is 0.294. The van der Waals surface area contributed by atoms with Crippen LogP contribution in [0.25, 0.3) is 0 Å². The number of hydrogen-bond donors (Lipinski definition) is 2. The van der Waals surface area contributed by atoms with E-state index in [0.717, 1.165) is 0 Å². The first-order valence-corrected chi connectivity index (χ1v) is 3.06. The molecule has 1 amide bonds. The van der Waals surface area contributed by atoms with Gasteiger partial charge in [0.15, 0.2) is 5.13 Å². The Kier molecular flexibility index (Phi) is 1.64. The molecule has 0 saturated heterocycles. The van der Waals surface area contributed by atoms with E-state index in [-0.39, 0.29) is 0 Å². The number of anilines is 2. The maximum atomic E-state index is 9.80. The fourth-order valence-corrected chi connectivity index (χ4v) is 0.945. The van der Waals surface area contributed by atoms with E-state index in [1.165, 1.54) is 17.5 Å². The van der Waals surface area contributed by atoms with Crippen LogP contribution in [0, 0.1) is 0 Å². The van der Waals surface area contributed by atoms with Crippen LogP contribution < -0.4 is 11.1 Å². The quantitative estimate of drug-likeness (QED) is 0.585. The topological polar surface area (TPSA) is 68.0 Å². The molecule has 4 nitrogen and oxygen atoms in total. The van der Waals surface area contributed by atoms with Gasteiger partial charge in [-0.25, -0.2) is 4.98 Å². The summed E-state index contributed by atoms with van der Waals surface area (Å²) in [5.74, 6) is 0. The van der Waals surface area contributed by atoms with E-state index >= 15 is 0 Å². The number of carbonyl (C=O) groups is 1. The Bertz CT molecular complexity index is 209. The molecule has 48 valence electrons. The summed E-state index contributed by atoms with van der Waals surface area (Å²) >= 11 is 1.24. The molecule has 0 radical (unpaired) electrons. The summed E-state index contributed by atoms with van der Waals surface area (Å²) in [6, 6.07) is 0. The second-order valence-electron chi connectivity index (χ2n) is 1.33. The first-order valence-electron chi connectivity index (χ1n) is 2.24. The van der Waals surface area contributed by atoms with Gasteiger partial charge in [-0.15, -0.1) is 0 Å². The molecule has 1 aromatic rings. The minimum absolute atomic E-state index is 0.530. The van der Waals surface area contributed by atoms with Crippen molar-refractivity contribution in [2.24, 2.45) is 0 Å². The maximum absolute atomic E-state index is 9.80. The number of nitrogens with one attached hydrogen (secondary N) is 1. The third kappa shape index (κ3) is 1.39. The van der Waals surface area contributed by atoms with Crippen LogP contribution in [0.5, 0.6) is 0 Å². The number of aromatic nitrogens is 1. The number of nitrogens with two attached hydrogens (primary N) is 1. The molecule has 1 aromatic heterocycles. The van der Waals surface area contributed by atoms with Crippen LogP contribution in [0.1, 0.15) is 0 Å². The molecule has 3 N–H and O–H groups in total. The van der Waals surface area contributed by atoms with Crippen molar-refractivity contribution >= 4 is 27.9 Å². The van der Waals surface area contributed by atoms with Gasteiger partial charge in [-0.3, -0.25) is 4.79 Å². The van der Waals surface area contributed by atoms with E-state index in [1.54, 1.807) is 0 Å². The standard InChI is InChI=1S/C4H5N3OS/c5-3-1-6-4(9-3)7-2-8/h1-2H,5H2,(H,6,7,8). The van der Waals surface area contributed by atoms with Gasteiger partial charge in [0.25, 0.3) is 0 Å². The molecule has 0 aliphatic heterocycles. The van der Waals surface area contributed by atoms with Crippen LogP contribution in [0.3, 0.4) is 0 Å². The number of rotatable bonds is 2. The zero-order chi connectivity index (χ0) is 6.69. The monoisotopic (exact) mass is 143 g/mol. The second kappa shape index (κ2) is 2.45. The molecule has 5 heteroatoms. The van der Waals surface area contributed by atoms with E-state index < -0.39 is 0 Å². The van der Waals surface area contributed by atoms with Crippen molar-refractivity contribution in [3.05, 3.63) is 6.20 Å². The molecule has 0 aliphatic carbocycles. The maximum Gasteiger partial charge on any atom is 0.213 e. The minimum atomic E-state index is 0.530. The van der Waals surface area contributed by atoms with Gasteiger partial charge >= 0.3 is 0 Å². The highest BCUT2D eigenvalue weighted by Gasteiger charge is 1.93. The number of thiazole rings is 1. The van der Waals surface area contributed by atoms with Crippen LogP contribution in [0.15, 0.2) is 6.20 Å². The summed E-state index contributed by atoms with van der Waals surface area (Å²) in [7, 11) is 0. The molecule has 1 rings (SSSR count). The number of amides is 1. The number of hydrogen-bond acceptors (Lipinski definition) is 4. The third-order valence-corrected chi connectivity index (χ3v) is 1.46. The van der Waals surface area contributed by atoms with Crippen molar-refractivity contribution in [1.29, 1.82) is 0 Å². The van der Waals surface area contributed by atoms with E-state index in [2.05, 4.69) is 10.3 Å². The van der Waals surface area contributed by atoms with Gasteiger partial charge < -0.3 is 11.1 Å². The fraction of sp³-hybridized carbons (Fsp3) is 0. The van der Waals surface area contributed by atoms with Gasteiger partial charge in [0, 0.05) is 0 Å². The van der Waals surface area contributed by atoms with Crippen LogP contribution in [-0.2, 0) is 4.79 Å². The average Bonchev–Trinajstić information content (AvgIpc) is 2.17.